The average molecular weight is 475 g/mol. The minimum Gasteiger partial charge on any atom is -0.457 e. The molecule has 0 heterocycles. The van der Waals surface area contributed by atoms with Gasteiger partial charge in [-0.15, -0.1) is 0 Å². The molecular weight excluding hydrogens is 456 g/mol. The summed E-state index contributed by atoms with van der Waals surface area (Å²) in [6.45, 7) is 3.67. The van der Waals surface area contributed by atoms with Gasteiger partial charge in [-0.05, 0) is 66.9 Å². The molecule has 0 N–H and O–H groups in total. The van der Waals surface area contributed by atoms with Crippen molar-refractivity contribution in [3.63, 3.8) is 0 Å². The second-order valence-electron chi connectivity index (χ2n) is 6.49. The first-order chi connectivity index (χ1) is 13.8. The lowest BCUT2D eigenvalue weighted by Gasteiger charge is -2.11. The Labute approximate surface area is 178 Å². The molecule has 7 heteroatoms. The van der Waals surface area contributed by atoms with Crippen LogP contribution in [0, 0.1) is 13.8 Å². The number of esters is 1. The molecule has 0 aliphatic heterocycles. The van der Waals surface area contributed by atoms with E-state index in [1.165, 1.54) is 24.3 Å². The first kappa shape index (κ1) is 21.1. The van der Waals surface area contributed by atoms with E-state index >= 15 is 0 Å². The SMILES string of the molecule is Cc1cc(S(=O)(=O)Oc2ccc(C(=O)OCc3ccccc3)cc2)c(C)cc1Br. The molecule has 0 atom stereocenters. The first-order valence-electron chi connectivity index (χ1n) is 8.78. The number of carbonyl (C=O) groups is 1. The van der Waals surface area contributed by atoms with Crippen LogP contribution in [0.2, 0.25) is 0 Å². The van der Waals surface area contributed by atoms with Gasteiger partial charge in [-0.3, -0.25) is 0 Å². The van der Waals surface area contributed by atoms with Crippen LogP contribution >= 0.6 is 15.9 Å². The van der Waals surface area contributed by atoms with Gasteiger partial charge in [0.05, 0.1) is 5.56 Å². The third-order valence-electron chi connectivity index (χ3n) is 4.23. The normalized spacial score (nSPS) is 11.1. The molecule has 29 heavy (non-hydrogen) atoms. The zero-order valence-corrected chi connectivity index (χ0v) is 18.3. The fourth-order valence-electron chi connectivity index (χ4n) is 2.65. The zero-order chi connectivity index (χ0) is 21.0. The molecule has 0 aliphatic carbocycles. The highest BCUT2D eigenvalue weighted by Crippen LogP contribution is 2.27. The number of ether oxygens (including phenoxy) is 1. The predicted molar refractivity (Wildman–Crippen MR) is 113 cm³/mol. The molecule has 3 aromatic carbocycles. The Bertz CT molecular complexity index is 1120. The molecule has 0 radical (unpaired) electrons. The van der Waals surface area contributed by atoms with Gasteiger partial charge in [0.2, 0.25) is 0 Å². The van der Waals surface area contributed by atoms with Crippen molar-refractivity contribution in [2.45, 2.75) is 25.3 Å². The van der Waals surface area contributed by atoms with Gasteiger partial charge >= 0.3 is 16.1 Å². The van der Waals surface area contributed by atoms with Gasteiger partial charge < -0.3 is 8.92 Å². The van der Waals surface area contributed by atoms with Gasteiger partial charge in [0.1, 0.15) is 17.3 Å². The van der Waals surface area contributed by atoms with Crippen LogP contribution in [0.3, 0.4) is 0 Å². The van der Waals surface area contributed by atoms with Crippen LogP contribution in [0.25, 0.3) is 0 Å². The van der Waals surface area contributed by atoms with Gasteiger partial charge in [-0.1, -0.05) is 46.3 Å². The highest BCUT2D eigenvalue weighted by Gasteiger charge is 2.21. The Morgan fingerprint density at radius 3 is 2.24 bits per heavy atom. The van der Waals surface area contributed by atoms with Crippen LogP contribution < -0.4 is 4.18 Å². The quantitative estimate of drug-likeness (QED) is 0.363. The van der Waals surface area contributed by atoms with Gasteiger partial charge in [-0.2, -0.15) is 8.42 Å². The summed E-state index contributed by atoms with van der Waals surface area (Å²) < 4.78 is 36.6. The lowest BCUT2D eigenvalue weighted by molar-refractivity contribution is 0.0472. The van der Waals surface area contributed by atoms with E-state index < -0.39 is 16.1 Å². The standard InChI is InChI=1S/C22H19BrO5S/c1-15-13-21(16(2)12-20(15)23)29(25,26)28-19-10-8-18(9-11-19)22(24)27-14-17-6-4-3-5-7-17/h3-13H,14H2,1-2H3. The first-order valence-corrected chi connectivity index (χ1v) is 11.0. The fraction of sp³-hybridized carbons (Fsp3) is 0.136. The largest absolute Gasteiger partial charge is 0.457 e. The highest BCUT2D eigenvalue weighted by atomic mass is 79.9. The van der Waals surface area contributed by atoms with Crippen LogP contribution in [0.5, 0.6) is 5.75 Å². The van der Waals surface area contributed by atoms with Gasteiger partial charge in [0, 0.05) is 4.47 Å². The van der Waals surface area contributed by atoms with Crippen LogP contribution in [-0.2, 0) is 21.5 Å². The number of hydrogen-bond acceptors (Lipinski definition) is 5. The van der Waals surface area contributed by atoms with E-state index in [0.717, 1.165) is 15.6 Å². The molecule has 0 aliphatic rings. The summed E-state index contributed by atoms with van der Waals surface area (Å²) in [5.74, 6) is -0.382. The summed E-state index contributed by atoms with van der Waals surface area (Å²) in [4.78, 5) is 12.3. The number of halogens is 1. The van der Waals surface area contributed by atoms with Crippen LogP contribution in [0.15, 0.2) is 76.1 Å². The van der Waals surface area contributed by atoms with Crippen molar-refractivity contribution in [1.82, 2.24) is 0 Å². The molecule has 0 unspecified atom stereocenters. The van der Waals surface area contributed by atoms with E-state index in [1.807, 2.05) is 30.3 Å². The summed E-state index contributed by atoms with van der Waals surface area (Å²) in [5, 5.41) is 0. The molecule has 5 nitrogen and oxygen atoms in total. The second kappa shape index (κ2) is 8.80. The van der Waals surface area contributed by atoms with Gasteiger partial charge in [0.15, 0.2) is 0 Å². The van der Waals surface area contributed by atoms with E-state index in [4.69, 9.17) is 8.92 Å². The number of benzene rings is 3. The number of rotatable bonds is 6. The Kier molecular flexibility index (Phi) is 6.39. The molecule has 0 bridgehead atoms. The molecule has 3 aromatic rings. The Morgan fingerprint density at radius 1 is 0.931 bits per heavy atom. The van der Waals surface area contributed by atoms with E-state index in [1.54, 1.807) is 26.0 Å². The third-order valence-corrected chi connectivity index (χ3v) is 6.48. The lowest BCUT2D eigenvalue weighted by atomic mass is 10.2. The summed E-state index contributed by atoms with van der Waals surface area (Å²) >= 11 is 3.38. The van der Waals surface area contributed by atoms with E-state index in [2.05, 4.69) is 15.9 Å². The summed E-state index contributed by atoms with van der Waals surface area (Å²) in [6.07, 6.45) is 0. The van der Waals surface area contributed by atoms with Crippen LogP contribution in [0.4, 0.5) is 0 Å². The monoisotopic (exact) mass is 474 g/mol. The Morgan fingerprint density at radius 2 is 1.59 bits per heavy atom. The molecule has 150 valence electrons. The maximum atomic E-state index is 12.6. The Balaban J connectivity index is 1.70. The Hall–Kier alpha value is -2.64. The molecular formula is C22H19BrO5S. The van der Waals surface area contributed by atoms with Gasteiger partial charge in [0.25, 0.3) is 0 Å². The van der Waals surface area contributed by atoms with Crippen molar-refractivity contribution < 1.29 is 22.1 Å². The average Bonchev–Trinajstić information content (AvgIpc) is 2.70. The van der Waals surface area contributed by atoms with E-state index in [9.17, 15) is 13.2 Å². The summed E-state index contributed by atoms with van der Waals surface area (Å²) in [7, 11) is -4.00. The molecule has 0 saturated carbocycles. The highest BCUT2D eigenvalue weighted by molar-refractivity contribution is 9.10. The van der Waals surface area contributed by atoms with Crippen LogP contribution in [-0.4, -0.2) is 14.4 Å². The number of carbonyl (C=O) groups excluding carboxylic acids is 1. The van der Waals surface area contributed by atoms with Crippen molar-refractivity contribution in [3.8, 4) is 5.75 Å². The number of hydrogen-bond donors (Lipinski definition) is 0. The maximum Gasteiger partial charge on any atom is 0.339 e. The maximum absolute atomic E-state index is 12.6. The second-order valence-corrected chi connectivity index (χ2v) is 8.86. The van der Waals surface area contributed by atoms with Crippen molar-refractivity contribution in [1.29, 1.82) is 0 Å². The molecule has 0 aromatic heterocycles. The minimum absolute atomic E-state index is 0.101. The van der Waals surface area contributed by atoms with E-state index in [-0.39, 0.29) is 17.3 Å². The van der Waals surface area contributed by atoms with Gasteiger partial charge in [-0.25, -0.2) is 4.79 Å². The number of aryl methyl sites for hydroxylation is 2. The molecule has 3 rings (SSSR count). The van der Waals surface area contributed by atoms with Crippen molar-refractivity contribution in [2.24, 2.45) is 0 Å². The minimum atomic E-state index is -4.00. The van der Waals surface area contributed by atoms with Crippen molar-refractivity contribution in [2.75, 3.05) is 0 Å². The topological polar surface area (TPSA) is 69.7 Å². The third kappa shape index (κ3) is 5.25. The van der Waals surface area contributed by atoms with Crippen molar-refractivity contribution >= 4 is 32.0 Å². The summed E-state index contributed by atoms with van der Waals surface area (Å²) in [6, 6.07) is 18.4. The molecule has 0 saturated heterocycles. The predicted octanol–water partition coefficient (Wildman–Crippen LogP) is 5.19. The van der Waals surface area contributed by atoms with E-state index in [0.29, 0.717) is 11.1 Å². The molecule has 0 fully saturated rings. The molecule has 0 spiro atoms. The fourth-order valence-corrected chi connectivity index (χ4v) is 4.33. The smallest absolute Gasteiger partial charge is 0.339 e. The molecule has 0 amide bonds. The lowest BCUT2D eigenvalue weighted by Crippen LogP contribution is -2.12. The zero-order valence-electron chi connectivity index (χ0n) is 15.9. The van der Waals surface area contributed by atoms with Crippen LogP contribution in [0.1, 0.15) is 27.0 Å². The van der Waals surface area contributed by atoms with Crippen molar-refractivity contribution in [3.05, 3.63) is 93.5 Å². The summed E-state index contributed by atoms with van der Waals surface area (Å²) in [5.41, 5.74) is 2.55.